The van der Waals surface area contributed by atoms with Crippen molar-refractivity contribution in [3.63, 3.8) is 0 Å². The molecule has 2 N–H and O–H groups in total. The lowest BCUT2D eigenvalue weighted by Gasteiger charge is -2.14. The molecule has 0 atom stereocenters. The Kier molecular flexibility index (Phi) is 6.85. The molecule has 0 saturated carbocycles. The van der Waals surface area contributed by atoms with Crippen molar-refractivity contribution >= 4 is 40.8 Å². The largest absolute Gasteiger partial charge is 0.342 e. The fraction of sp³-hybridized carbons (Fsp3) is 0.182. The number of nitrogens with zero attached hydrogens (tertiary/aromatic N) is 2. The van der Waals surface area contributed by atoms with E-state index in [9.17, 15) is 0 Å². The van der Waals surface area contributed by atoms with E-state index in [1.807, 2.05) is 42.6 Å². The van der Waals surface area contributed by atoms with E-state index in [1.165, 1.54) is 11.1 Å². The summed E-state index contributed by atoms with van der Waals surface area (Å²) in [6.07, 6.45) is 4.73. The Hall–Kier alpha value is -2.63. The molecule has 0 aliphatic heterocycles. The summed E-state index contributed by atoms with van der Waals surface area (Å²) in [5.41, 5.74) is 8.49. The van der Waals surface area contributed by atoms with Crippen molar-refractivity contribution in [1.82, 2.24) is 9.99 Å². The van der Waals surface area contributed by atoms with Gasteiger partial charge in [0.1, 0.15) is 0 Å². The quantitative estimate of drug-likeness (QED) is 0.325. The molecule has 1 aromatic heterocycles. The number of hydrogen-bond donors (Lipinski definition) is 2. The first-order chi connectivity index (χ1) is 13.6. The van der Waals surface area contributed by atoms with Crippen LogP contribution in [0, 0.1) is 6.92 Å². The number of para-hydroxylation sites is 1. The Labute approximate surface area is 176 Å². The predicted octanol–water partition coefficient (Wildman–Crippen LogP) is 5.38. The highest BCUT2D eigenvalue weighted by molar-refractivity contribution is 7.80. The average Bonchev–Trinajstić information content (AvgIpc) is 3.12. The molecule has 1 heterocycles. The lowest BCUT2D eigenvalue weighted by atomic mass is 10.1. The summed E-state index contributed by atoms with van der Waals surface area (Å²) in [4.78, 5) is 0. The van der Waals surface area contributed by atoms with Crippen molar-refractivity contribution in [2.45, 2.75) is 26.8 Å². The van der Waals surface area contributed by atoms with Crippen molar-refractivity contribution in [1.29, 1.82) is 0 Å². The van der Waals surface area contributed by atoms with Crippen molar-refractivity contribution in [2.24, 2.45) is 5.10 Å². The van der Waals surface area contributed by atoms with Gasteiger partial charge in [-0.25, -0.2) is 0 Å². The highest BCUT2D eigenvalue weighted by Gasteiger charge is 2.05. The van der Waals surface area contributed by atoms with Crippen molar-refractivity contribution in [3.8, 4) is 0 Å². The molecule has 0 aliphatic carbocycles. The van der Waals surface area contributed by atoms with E-state index in [0.29, 0.717) is 5.11 Å². The normalized spacial score (nSPS) is 11.0. The van der Waals surface area contributed by atoms with Gasteiger partial charge in [-0.1, -0.05) is 48.9 Å². The predicted molar refractivity (Wildman–Crippen MR) is 122 cm³/mol. The number of aryl methyl sites for hydroxylation is 2. The van der Waals surface area contributed by atoms with Crippen LogP contribution in [0.1, 0.15) is 29.3 Å². The number of nitrogens with one attached hydrogen (secondary N) is 2. The number of thiocarbonyl (C=S) groups is 1. The zero-order valence-electron chi connectivity index (χ0n) is 15.9. The van der Waals surface area contributed by atoms with Crippen LogP contribution in [0.3, 0.4) is 0 Å². The number of rotatable bonds is 6. The van der Waals surface area contributed by atoms with Gasteiger partial charge in [-0.3, -0.25) is 5.43 Å². The van der Waals surface area contributed by atoms with E-state index in [1.54, 1.807) is 6.21 Å². The number of hydrazone groups is 1. The van der Waals surface area contributed by atoms with Gasteiger partial charge in [0.2, 0.25) is 0 Å². The van der Waals surface area contributed by atoms with Crippen LogP contribution in [0.25, 0.3) is 0 Å². The Balaban J connectivity index is 1.62. The van der Waals surface area contributed by atoms with Gasteiger partial charge in [-0.2, -0.15) is 5.10 Å². The maximum atomic E-state index is 5.96. The number of aromatic nitrogens is 1. The van der Waals surface area contributed by atoms with Crippen LogP contribution in [0.15, 0.2) is 65.9 Å². The third-order valence-electron chi connectivity index (χ3n) is 4.47. The average molecular weight is 411 g/mol. The fourth-order valence-corrected chi connectivity index (χ4v) is 3.26. The van der Waals surface area contributed by atoms with Gasteiger partial charge in [0.15, 0.2) is 5.11 Å². The monoisotopic (exact) mass is 410 g/mol. The fourth-order valence-electron chi connectivity index (χ4n) is 2.98. The highest BCUT2D eigenvalue weighted by atomic mass is 35.5. The van der Waals surface area contributed by atoms with Crippen molar-refractivity contribution in [3.05, 3.63) is 88.2 Å². The third-order valence-corrected chi connectivity index (χ3v) is 4.92. The Morgan fingerprint density at radius 3 is 2.68 bits per heavy atom. The van der Waals surface area contributed by atoms with Crippen LogP contribution in [0.2, 0.25) is 5.02 Å². The lowest BCUT2D eigenvalue weighted by Crippen LogP contribution is -2.25. The second-order valence-electron chi connectivity index (χ2n) is 6.47. The smallest absolute Gasteiger partial charge is 0.191 e. The minimum absolute atomic E-state index is 0.469. The zero-order valence-corrected chi connectivity index (χ0v) is 17.5. The molecule has 0 spiro atoms. The molecule has 0 amide bonds. The minimum Gasteiger partial charge on any atom is -0.342 e. The number of anilines is 1. The van der Waals surface area contributed by atoms with Gasteiger partial charge < -0.3 is 9.88 Å². The van der Waals surface area contributed by atoms with E-state index in [2.05, 4.69) is 52.5 Å². The summed E-state index contributed by atoms with van der Waals surface area (Å²) >= 11 is 11.3. The van der Waals surface area contributed by atoms with E-state index in [4.69, 9.17) is 23.8 Å². The summed E-state index contributed by atoms with van der Waals surface area (Å²) < 4.78 is 2.11. The maximum absolute atomic E-state index is 5.96. The molecule has 0 bridgehead atoms. The Bertz CT molecular complexity index is 976. The Morgan fingerprint density at radius 2 is 1.93 bits per heavy atom. The SMILES string of the molecule is CCc1cccc(C)c1NC(=S)N/N=C\c1cccn1Cc1ccc(Cl)cc1. The summed E-state index contributed by atoms with van der Waals surface area (Å²) in [5, 5.41) is 8.76. The second-order valence-corrected chi connectivity index (χ2v) is 7.32. The summed E-state index contributed by atoms with van der Waals surface area (Å²) in [5.74, 6) is 0. The van der Waals surface area contributed by atoms with Crippen LogP contribution in [-0.4, -0.2) is 15.9 Å². The third kappa shape index (κ3) is 5.21. The van der Waals surface area contributed by atoms with Crippen LogP contribution in [0.4, 0.5) is 5.69 Å². The first kappa shape index (κ1) is 20.1. The molecule has 0 radical (unpaired) electrons. The zero-order chi connectivity index (χ0) is 19.9. The van der Waals surface area contributed by atoms with Gasteiger partial charge in [0.05, 0.1) is 11.9 Å². The Morgan fingerprint density at radius 1 is 1.14 bits per heavy atom. The molecular formula is C22H23ClN4S. The topological polar surface area (TPSA) is 41.4 Å². The first-order valence-corrected chi connectivity index (χ1v) is 9.93. The molecule has 0 aliphatic rings. The molecule has 0 unspecified atom stereocenters. The van der Waals surface area contributed by atoms with Crippen LogP contribution < -0.4 is 10.7 Å². The summed E-state index contributed by atoms with van der Waals surface area (Å²) in [7, 11) is 0. The molecule has 28 heavy (non-hydrogen) atoms. The summed E-state index contributed by atoms with van der Waals surface area (Å²) in [6.45, 7) is 4.94. The molecule has 144 valence electrons. The number of hydrogen-bond acceptors (Lipinski definition) is 2. The molecule has 0 fully saturated rings. The molecule has 6 heteroatoms. The van der Waals surface area contributed by atoms with E-state index < -0.39 is 0 Å². The second kappa shape index (κ2) is 9.53. The molecule has 0 saturated heterocycles. The van der Waals surface area contributed by atoms with Crippen LogP contribution in [0.5, 0.6) is 0 Å². The maximum Gasteiger partial charge on any atom is 0.191 e. The van der Waals surface area contributed by atoms with E-state index in [0.717, 1.165) is 34.9 Å². The van der Waals surface area contributed by atoms with Gasteiger partial charge in [-0.05, 0) is 66.5 Å². The van der Waals surface area contributed by atoms with Gasteiger partial charge >= 0.3 is 0 Å². The van der Waals surface area contributed by atoms with E-state index in [-0.39, 0.29) is 0 Å². The van der Waals surface area contributed by atoms with Crippen molar-refractivity contribution < 1.29 is 0 Å². The first-order valence-electron chi connectivity index (χ1n) is 9.15. The van der Waals surface area contributed by atoms with Crippen LogP contribution in [-0.2, 0) is 13.0 Å². The molecule has 3 aromatic rings. The van der Waals surface area contributed by atoms with E-state index >= 15 is 0 Å². The molecule has 3 rings (SSSR count). The number of halogens is 1. The lowest BCUT2D eigenvalue weighted by molar-refractivity contribution is 0.799. The van der Waals surface area contributed by atoms with Crippen LogP contribution >= 0.6 is 23.8 Å². The van der Waals surface area contributed by atoms with Gasteiger partial charge in [0, 0.05) is 23.5 Å². The highest BCUT2D eigenvalue weighted by Crippen LogP contribution is 2.20. The minimum atomic E-state index is 0.469. The molecular weight excluding hydrogens is 388 g/mol. The van der Waals surface area contributed by atoms with Gasteiger partial charge in [-0.15, -0.1) is 0 Å². The van der Waals surface area contributed by atoms with Crippen molar-refractivity contribution in [2.75, 3.05) is 5.32 Å². The number of benzene rings is 2. The molecule has 4 nitrogen and oxygen atoms in total. The van der Waals surface area contributed by atoms with Gasteiger partial charge in [0.25, 0.3) is 0 Å². The standard InChI is InChI=1S/C22H23ClN4S/c1-3-18-7-4-6-16(2)21(18)25-22(28)26-24-14-20-8-5-13-27(20)15-17-9-11-19(23)12-10-17/h4-14H,3,15H2,1-2H3,(H2,25,26,28)/b24-14-. The molecule has 2 aromatic carbocycles. The summed E-state index contributed by atoms with van der Waals surface area (Å²) in [6, 6.07) is 18.1.